The maximum atomic E-state index is 13.5. The van der Waals surface area contributed by atoms with Crippen molar-refractivity contribution in [3.8, 4) is 5.75 Å². The first-order chi connectivity index (χ1) is 14.1. The second-order valence-electron chi connectivity index (χ2n) is 8.14. The summed E-state index contributed by atoms with van der Waals surface area (Å²) in [5.41, 5.74) is 4.27. The molecule has 4 nitrogen and oxygen atoms in total. The smallest absolute Gasteiger partial charge is 0.270 e. The molecule has 0 radical (unpaired) electrons. The highest BCUT2D eigenvalue weighted by atomic mass is 16.5. The first-order valence-corrected chi connectivity index (χ1v) is 10.7. The van der Waals surface area contributed by atoms with E-state index in [9.17, 15) is 4.79 Å². The Kier molecular flexibility index (Phi) is 5.61. The number of hydrogen-bond donors (Lipinski definition) is 0. The Balaban J connectivity index is 1.80. The van der Waals surface area contributed by atoms with Crippen LogP contribution in [0.5, 0.6) is 5.75 Å². The van der Waals surface area contributed by atoms with Gasteiger partial charge in [-0.05, 0) is 61.9 Å². The van der Waals surface area contributed by atoms with Gasteiger partial charge in [0.2, 0.25) is 0 Å². The number of fused-ring (bicyclic) bond motifs is 1. The fourth-order valence-electron chi connectivity index (χ4n) is 4.22. The number of likely N-dealkylation sites (tertiary alicyclic amines) is 1. The summed E-state index contributed by atoms with van der Waals surface area (Å²) in [6.45, 7) is 9.34. The Morgan fingerprint density at radius 1 is 1.10 bits per heavy atom. The van der Waals surface area contributed by atoms with E-state index in [-0.39, 0.29) is 5.91 Å². The van der Waals surface area contributed by atoms with Gasteiger partial charge in [-0.2, -0.15) is 0 Å². The number of amides is 1. The van der Waals surface area contributed by atoms with Gasteiger partial charge in [-0.15, -0.1) is 0 Å². The van der Waals surface area contributed by atoms with Crippen LogP contribution in [0.1, 0.15) is 48.3 Å². The van der Waals surface area contributed by atoms with Gasteiger partial charge in [-0.3, -0.25) is 4.79 Å². The zero-order chi connectivity index (χ0) is 20.4. The van der Waals surface area contributed by atoms with E-state index in [4.69, 9.17) is 4.74 Å². The first kappa shape index (κ1) is 19.6. The van der Waals surface area contributed by atoms with Crippen LogP contribution >= 0.6 is 0 Å². The minimum atomic E-state index is 0.129. The quantitative estimate of drug-likeness (QED) is 0.595. The van der Waals surface area contributed by atoms with Gasteiger partial charge in [0.25, 0.3) is 5.91 Å². The summed E-state index contributed by atoms with van der Waals surface area (Å²) in [4.78, 5) is 15.5. The zero-order valence-electron chi connectivity index (χ0n) is 17.6. The van der Waals surface area contributed by atoms with E-state index >= 15 is 0 Å². The lowest BCUT2D eigenvalue weighted by atomic mass is 9.99. The maximum Gasteiger partial charge on any atom is 0.270 e. The summed E-state index contributed by atoms with van der Waals surface area (Å²) < 4.78 is 8.03. The van der Waals surface area contributed by atoms with E-state index in [1.54, 1.807) is 0 Å². The average Bonchev–Trinajstić information content (AvgIpc) is 3.09. The molecule has 1 aromatic heterocycles. The summed E-state index contributed by atoms with van der Waals surface area (Å²) in [6, 6.07) is 16.5. The third-order valence-corrected chi connectivity index (χ3v) is 6.09. The fraction of sp³-hybridized carbons (Fsp3) is 0.400. The summed E-state index contributed by atoms with van der Waals surface area (Å²) in [6.07, 6.45) is 2.15. The van der Waals surface area contributed by atoms with Crippen LogP contribution in [0, 0.1) is 12.8 Å². The third-order valence-electron chi connectivity index (χ3n) is 6.09. The highest BCUT2D eigenvalue weighted by molar-refractivity contribution is 6.00. The normalized spacial score (nSPS) is 15.1. The van der Waals surface area contributed by atoms with Crippen molar-refractivity contribution in [1.29, 1.82) is 0 Å². The van der Waals surface area contributed by atoms with Gasteiger partial charge >= 0.3 is 0 Å². The van der Waals surface area contributed by atoms with Crippen molar-refractivity contribution in [3.05, 3.63) is 65.4 Å². The van der Waals surface area contributed by atoms with E-state index in [1.165, 1.54) is 11.1 Å². The average molecular weight is 391 g/mol. The lowest BCUT2D eigenvalue weighted by molar-refractivity contribution is 0.0687. The molecule has 4 rings (SSSR count). The molecule has 0 spiro atoms. The molecule has 4 heteroatoms. The van der Waals surface area contributed by atoms with Gasteiger partial charge in [-0.1, -0.05) is 37.3 Å². The summed E-state index contributed by atoms with van der Waals surface area (Å²) in [5.74, 6) is 1.67. The second-order valence-corrected chi connectivity index (χ2v) is 8.14. The van der Waals surface area contributed by atoms with Gasteiger partial charge in [0.15, 0.2) is 0 Å². The number of ether oxygens (including phenoxy) is 1. The number of piperidine rings is 1. The monoisotopic (exact) mass is 390 g/mol. The van der Waals surface area contributed by atoms with Gasteiger partial charge in [0.1, 0.15) is 11.4 Å². The van der Waals surface area contributed by atoms with Gasteiger partial charge in [0.05, 0.1) is 12.1 Å². The van der Waals surface area contributed by atoms with E-state index < -0.39 is 0 Å². The van der Waals surface area contributed by atoms with Crippen molar-refractivity contribution < 1.29 is 9.53 Å². The standard InChI is InChI=1S/C25H30N2O2/c1-4-29-24-11-7-10-22-21(24)16-23(25(28)26-14-12-18(2)13-15-26)27(22)17-20-9-6-5-8-19(20)3/h5-11,16,18H,4,12-15,17H2,1-3H3. The minimum Gasteiger partial charge on any atom is -0.493 e. The molecular weight excluding hydrogens is 360 g/mol. The van der Waals surface area contributed by atoms with E-state index in [2.05, 4.69) is 48.7 Å². The molecule has 1 saturated heterocycles. The summed E-state index contributed by atoms with van der Waals surface area (Å²) in [5, 5.41) is 1.01. The van der Waals surface area contributed by atoms with Gasteiger partial charge in [-0.25, -0.2) is 0 Å². The number of nitrogens with zero attached hydrogens (tertiary/aromatic N) is 2. The number of aryl methyl sites for hydroxylation is 1. The molecule has 1 aliphatic heterocycles. The second kappa shape index (κ2) is 8.32. The molecule has 2 heterocycles. The van der Waals surface area contributed by atoms with Crippen LogP contribution in [0.4, 0.5) is 0 Å². The minimum absolute atomic E-state index is 0.129. The molecule has 3 aromatic rings. The Bertz CT molecular complexity index is 1010. The Morgan fingerprint density at radius 2 is 1.86 bits per heavy atom. The molecule has 0 atom stereocenters. The number of carbonyl (C=O) groups is 1. The van der Waals surface area contributed by atoms with E-state index in [1.807, 2.05) is 30.0 Å². The highest BCUT2D eigenvalue weighted by Gasteiger charge is 2.25. The van der Waals surface area contributed by atoms with Gasteiger partial charge in [0, 0.05) is 25.0 Å². The maximum absolute atomic E-state index is 13.5. The van der Waals surface area contributed by atoms with Crippen molar-refractivity contribution in [2.45, 2.75) is 40.2 Å². The number of hydrogen-bond acceptors (Lipinski definition) is 2. The first-order valence-electron chi connectivity index (χ1n) is 10.7. The summed E-state index contributed by atoms with van der Waals surface area (Å²) >= 11 is 0. The van der Waals surface area contributed by atoms with Gasteiger partial charge < -0.3 is 14.2 Å². The zero-order valence-corrected chi connectivity index (χ0v) is 17.6. The number of rotatable bonds is 5. The Morgan fingerprint density at radius 3 is 2.59 bits per heavy atom. The molecule has 1 aliphatic rings. The van der Waals surface area contributed by atoms with Crippen molar-refractivity contribution >= 4 is 16.8 Å². The largest absolute Gasteiger partial charge is 0.493 e. The molecule has 1 fully saturated rings. The van der Waals surface area contributed by atoms with Crippen LogP contribution in [0.25, 0.3) is 10.9 Å². The van der Waals surface area contributed by atoms with Crippen molar-refractivity contribution in [2.75, 3.05) is 19.7 Å². The van der Waals surface area contributed by atoms with Crippen molar-refractivity contribution in [1.82, 2.24) is 9.47 Å². The van der Waals surface area contributed by atoms with E-state index in [0.717, 1.165) is 48.3 Å². The molecule has 0 unspecified atom stereocenters. The van der Waals surface area contributed by atoms with Crippen LogP contribution in [0.2, 0.25) is 0 Å². The highest BCUT2D eigenvalue weighted by Crippen LogP contribution is 2.31. The molecule has 0 N–H and O–H groups in total. The van der Waals surface area contributed by atoms with E-state index in [0.29, 0.717) is 19.1 Å². The lowest BCUT2D eigenvalue weighted by Gasteiger charge is -2.30. The predicted octanol–water partition coefficient (Wildman–Crippen LogP) is 5.27. The van der Waals surface area contributed by atoms with Crippen molar-refractivity contribution in [2.24, 2.45) is 5.92 Å². The van der Waals surface area contributed by atoms with Crippen LogP contribution in [-0.4, -0.2) is 35.1 Å². The Labute approximate surface area is 173 Å². The Hall–Kier alpha value is -2.75. The molecule has 0 saturated carbocycles. The molecule has 1 amide bonds. The predicted molar refractivity (Wildman–Crippen MR) is 118 cm³/mol. The molecule has 152 valence electrons. The fourth-order valence-corrected chi connectivity index (χ4v) is 4.22. The molecule has 2 aromatic carbocycles. The van der Waals surface area contributed by atoms with Crippen molar-refractivity contribution in [3.63, 3.8) is 0 Å². The third kappa shape index (κ3) is 3.89. The lowest BCUT2D eigenvalue weighted by Crippen LogP contribution is -2.38. The molecule has 0 bridgehead atoms. The van der Waals surface area contributed by atoms with Crippen LogP contribution in [-0.2, 0) is 6.54 Å². The summed E-state index contributed by atoms with van der Waals surface area (Å²) in [7, 11) is 0. The number of benzene rings is 2. The number of carbonyl (C=O) groups excluding carboxylic acids is 1. The molecule has 29 heavy (non-hydrogen) atoms. The molecular formula is C25H30N2O2. The van der Waals surface area contributed by atoms with Crippen LogP contribution in [0.3, 0.4) is 0 Å². The number of aromatic nitrogens is 1. The van der Waals surface area contributed by atoms with Crippen LogP contribution in [0.15, 0.2) is 48.5 Å². The molecule has 0 aliphatic carbocycles. The van der Waals surface area contributed by atoms with Crippen LogP contribution < -0.4 is 4.74 Å². The SMILES string of the molecule is CCOc1cccc2c1cc(C(=O)N1CCC(C)CC1)n2Cc1ccccc1C. The topological polar surface area (TPSA) is 34.5 Å².